The van der Waals surface area contributed by atoms with Crippen molar-refractivity contribution in [2.75, 3.05) is 6.54 Å². The third kappa shape index (κ3) is 3.59. The molecule has 1 aromatic carbocycles. The molecule has 1 aliphatic carbocycles. The van der Waals surface area contributed by atoms with Crippen LogP contribution in [0, 0.1) is 5.92 Å². The summed E-state index contributed by atoms with van der Waals surface area (Å²) in [7, 11) is 0. The summed E-state index contributed by atoms with van der Waals surface area (Å²) in [4.78, 5) is 23.3. The summed E-state index contributed by atoms with van der Waals surface area (Å²) in [6.45, 7) is 1.77. The van der Waals surface area contributed by atoms with Crippen LogP contribution < -0.4 is 5.32 Å². The van der Waals surface area contributed by atoms with Crippen molar-refractivity contribution in [2.24, 2.45) is 5.92 Å². The van der Waals surface area contributed by atoms with Gasteiger partial charge in [-0.2, -0.15) is 0 Å². The minimum atomic E-state index is -1.09. The summed E-state index contributed by atoms with van der Waals surface area (Å²) >= 11 is 0. The van der Waals surface area contributed by atoms with Crippen molar-refractivity contribution < 1.29 is 14.7 Å². The Morgan fingerprint density at radius 3 is 2.50 bits per heavy atom. The molecule has 1 amide bonds. The second kappa shape index (κ2) is 6.07. The van der Waals surface area contributed by atoms with Crippen molar-refractivity contribution in [3.63, 3.8) is 0 Å². The van der Waals surface area contributed by atoms with Gasteiger partial charge in [0.05, 0.1) is 0 Å². The van der Waals surface area contributed by atoms with Crippen molar-refractivity contribution in [3.05, 3.63) is 35.9 Å². The first-order valence-corrected chi connectivity index (χ1v) is 7.08. The summed E-state index contributed by atoms with van der Waals surface area (Å²) in [5.41, 5.74) is -0.383. The van der Waals surface area contributed by atoms with Crippen LogP contribution in [0.2, 0.25) is 0 Å². The number of amides is 1. The molecule has 0 spiro atoms. The number of carboxylic acid groups (broad SMARTS) is 1. The molecular weight excluding hydrogens is 254 g/mol. The average molecular weight is 275 g/mol. The lowest BCUT2D eigenvalue weighted by Gasteiger charge is -2.25. The van der Waals surface area contributed by atoms with E-state index in [1.165, 1.54) is 12.8 Å². The van der Waals surface area contributed by atoms with Gasteiger partial charge in [0.15, 0.2) is 0 Å². The van der Waals surface area contributed by atoms with Crippen molar-refractivity contribution in [2.45, 2.75) is 38.0 Å². The molecule has 0 radical (unpaired) electrons. The second-order valence-corrected chi connectivity index (χ2v) is 5.76. The molecule has 4 heteroatoms. The van der Waals surface area contributed by atoms with Crippen LogP contribution in [0.5, 0.6) is 0 Å². The van der Waals surface area contributed by atoms with Gasteiger partial charge >= 0.3 is 5.97 Å². The second-order valence-electron chi connectivity index (χ2n) is 5.76. The maximum atomic E-state index is 11.8. The molecule has 20 heavy (non-hydrogen) atoms. The summed E-state index contributed by atoms with van der Waals surface area (Å²) in [5, 5.41) is 12.2. The van der Waals surface area contributed by atoms with Crippen LogP contribution in [0.4, 0.5) is 0 Å². The van der Waals surface area contributed by atoms with E-state index in [1.54, 1.807) is 19.1 Å². The zero-order valence-corrected chi connectivity index (χ0v) is 11.8. The molecule has 2 rings (SSSR count). The van der Waals surface area contributed by atoms with Gasteiger partial charge in [0.1, 0.15) is 5.41 Å². The number of hydrogen-bond donors (Lipinski definition) is 2. The molecule has 108 valence electrons. The number of carbonyl (C=O) groups is 2. The highest BCUT2D eigenvalue weighted by Gasteiger charge is 2.35. The predicted molar refractivity (Wildman–Crippen MR) is 76.4 cm³/mol. The molecule has 0 heterocycles. The molecule has 1 atom stereocenters. The van der Waals surface area contributed by atoms with Crippen molar-refractivity contribution in [1.29, 1.82) is 0 Å². The summed E-state index contributed by atoms with van der Waals surface area (Å²) < 4.78 is 0. The van der Waals surface area contributed by atoms with Gasteiger partial charge in [-0.25, -0.2) is 0 Å². The van der Waals surface area contributed by atoms with E-state index in [1.807, 2.05) is 18.2 Å². The minimum absolute atomic E-state index is 0.0553. The van der Waals surface area contributed by atoms with E-state index >= 15 is 0 Å². The van der Waals surface area contributed by atoms with Gasteiger partial charge in [-0.1, -0.05) is 43.2 Å². The van der Waals surface area contributed by atoms with Crippen LogP contribution in [-0.2, 0) is 15.0 Å². The van der Waals surface area contributed by atoms with Gasteiger partial charge in [0.2, 0.25) is 5.91 Å². The molecule has 1 fully saturated rings. The molecule has 2 N–H and O–H groups in total. The molecule has 0 aromatic heterocycles. The number of hydrogen-bond acceptors (Lipinski definition) is 2. The Balaban J connectivity index is 1.94. The van der Waals surface area contributed by atoms with Gasteiger partial charge in [0.25, 0.3) is 0 Å². The largest absolute Gasteiger partial charge is 0.481 e. The topological polar surface area (TPSA) is 66.4 Å². The van der Waals surface area contributed by atoms with Crippen LogP contribution >= 0.6 is 0 Å². The number of nitrogens with one attached hydrogen (secondary N) is 1. The molecule has 1 unspecified atom stereocenters. The van der Waals surface area contributed by atoms with E-state index in [9.17, 15) is 14.7 Å². The SMILES string of the molecule is CC(CNC(=O)CCC1CC1)(C(=O)O)c1ccccc1. The standard InChI is InChI=1S/C16H21NO3/c1-16(15(19)20,13-5-3-2-4-6-13)11-17-14(18)10-9-12-7-8-12/h2-6,12H,7-11H2,1H3,(H,17,18)(H,19,20). The molecule has 0 aliphatic heterocycles. The van der Waals surface area contributed by atoms with Gasteiger partial charge in [-0.05, 0) is 24.8 Å². The van der Waals surface area contributed by atoms with Crippen molar-refractivity contribution in [3.8, 4) is 0 Å². The highest BCUT2D eigenvalue weighted by molar-refractivity contribution is 5.83. The average Bonchev–Trinajstić information content (AvgIpc) is 3.27. The zero-order valence-electron chi connectivity index (χ0n) is 11.8. The fraction of sp³-hybridized carbons (Fsp3) is 0.500. The van der Waals surface area contributed by atoms with E-state index < -0.39 is 11.4 Å². The first kappa shape index (κ1) is 14.6. The minimum Gasteiger partial charge on any atom is -0.481 e. The normalized spacial score (nSPS) is 17.2. The Morgan fingerprint density at radius 1 is 1.30 bits per heavy atom. The third-order valence-corrected chi connectivity index (χ3v) is 4.00. The molecule has 1 aliphatic rings. The van der Waals surface area contributed by atoms with Gasteiger partial charge < -0.3 is 10.4 Å². The number of rotatable bonds is 7. The Labute approximate surface area is 119 Å². The molecule has 0 saturated heterocycles. The van der Waals surface area contributed by atoms with Crippen LogP contribution in [0.15, 0.2) is 30.3 Å². The molecule has 1 saturated carbocycles. The predicted octanol–water partition coefficient (Wildman–Crippen LogP) is 2.34. The molecule has 1 aromatic rings. The fourth-order valence-corrected chi connectivity index (χ4v) is 2.21. The number of carbonyl (C=O) groups excluding carboxylic acids is 1. The lowest BCUT2D eigenvalue weighted by molar-refractivity contribution is -0.143. The van der Waals surface area contributed by atoms with Crippen LogP contribution in [0.1, 0.15) is 38.2 Å². The first-order chi connectivity index (χ1) is 9.52. The van der Waals surface area contributed by atoms with E-state index in [0.717, 1.165) is 6.42 Å². The summed E-state index contributed by atoms with van der Waals surface area (Å²) in [5.74, 6) is -0.271. The lowest BCUT2D eigenvalue weighted by Crippen LogP contribution is -2.44. The zero-order chi connectivity index (χ0) is 14.6. The highest BCUT2D eigenvalue weighted by atomic mass is 16.4. The monoisotopic (exact) mass is 275 g/mol. The summed E-state index contributed by atoms with van der Waals surface area (Å²) in [6.07, 6.45) is 3.87. The van der Waals surface area contributed by atoms with E-state index in [2.05, 4.69) is 5.32 Å². The Hall–Kier alpha value is -1.84. The highest BCUT2D eigenvalue weighted by Crippen LogP contribution is 2.33. The van der Waals surface area contributed by atoms with E-state index in [4.69, 9.17) is 0 Å². The third-order valence-electron chi connectivity index (χ3n) is 4.00. The lowest BCUT2D eigenvalue weighted by atomic mass is 9.82. The molecule has 0 bridgehead atoms. The van der Waals surface area contributed by atoms with Crippen LogP contribution in [0.25, 0.3) is 0 Å². The Kier molecular flexibility index (Phi) is 4.42. The fourth-order valence-electron chi connectivity index (χ4n) is 2.21. The van der Waals surface area contributed by atoms with Crippen molar-refractivity contribution >= 4 is 11.9 Å². The summed E-state index contributed by atoms with van der Waals surface area (Å²) in [6, 6.07) is 9.03. The van der Waals surface area contributed by atoms with E-state index in [0.29, 0.717) is 17.9 Å². The maximum Gasteiger partial charge on any atom is 0.315 e. The van der Waals surface area contributed by atoms with Crippen LogP contribution in [-0.4, -0.2) is 23.5 Å². The Bertz CT molecular complexity index is 482. The number of aliphatic carboxylic acids is 1. The van der Waals surface area contributed by atoms with Crippen molar-refractivity contribution in [1.82, 2.24) is 5.32 Å². The van der Waals surface area contributed by atoms with Gasteiger partial charge in [-0.3, -0.25) is 9.59 Å². The first-order valence-electron chi connectivity index (χ1n) is 7.08. The van der Waals surface area contributed by atoms with Crippen LogP contribution in [0.3, 0.4) is 0 Å². The Morgan fingerprint density at radius 2 is 1.95 bits per heavy atom. The maximum absolute atomic E-state index is 11.8. The number of carboxylic acids is 1. The van der Waals surface area contributed by atoms with Gasteiger partial charge in [-0.15, -0.1) is 0 Å². The molecule has 4 nitrogen and oxygen atoms in total. The van der Waals surface area contributed by atoms with E-state index in [-0.39, 0.29) is 12.5 Å². The smallest absolute Gasteiger partial charge is 0.315 e. The quantitative estimate of drug-likeness (QED) is 0.802. The van der Waals surface area contributed by atoms with Gasteiger partial charge in [0, 0.05) is 13.0 Å². The number of benzene rings is 1. The molecular formula is C16H21NO3.